The van der Waals surface area contributed by atoms with Crippen LogP contribution < -0.4 is 0 Å². The summed E-state index contributed by atoms with van der Waals surface area (Å²) in [5, 5.41) is 4.37. The average molecular weight is 387 g/mol. The largest absolute Gasteiger partial charge is 0.459 e. The minimum absolute atomic E-state index is 0.101. The van der Waals surface area contributed by atoms with Gasteiger partial charge in [-0.3, -0.25) is 0 Å². The first-order valence-corrected chi connectivity index (χ1v) is 8.78. The van der Waals surface area contributed by atoms with Crippen LogP contribution in [-0.4, -0.2) is 21.7 Å². The van der Waals surface area contributed by atoms with Crippen molar-refractivity contribution in [2.24, 2.45) is 0 Å². The van der Waals surface area contributed by atoms with Gasteiger partial charge in [-0.1, -0.05) is 35.0 Å². The molecule has 0 radical (unpaired) electrons. The SMILES string of the molecule is CCC(C)OC(=O)c1cccn2ncc(Cc3ccc(Br)cc3)c12. The summed E-state index contributed by atoms with van der Waals surface area (Å²) >= 11 is 3.45. The first-order chi connectivity index (χ1) is 11.6. The smallest absolute Gasteiger partial charge is 0.340 e. The van der Waals surface area contributed by atoms with E-state index < -0.39 is 0 Å². The van der Waals surface area contributed by atoms with E-state index in [4.69, 9.17) is 4.74 Å². The van der Waals surface area contributed by atoms with Crippen molar-refractivity contribution in [3.63, 3.8) is 0 Å². The highest BCUT2D eigenvalue weighted by atomic mass is 79.9. The molecule has 1 atom stereocenters. The molecule has 0 aliphatic carbocycles. The number of hydrogen-bond donors (Lipinski definition) is 0. The number of carbonyl (C=O) groups excluding carboxylic acids is 1. The second kappa shape index (κ2) is 7.18. The van der Waals surface area contributed by atoms with Crippen LogP contribution in [0, 0.1) is 0 Å². The van der Waals surface area contributed by atoms with Crippen LogP contribution in [0.1, 0.15) is 41.8 Å². The van der Waals surface area contributed by atoms with Gasteiger partial charge in [0.15, 0.2) is 0 Å². The van der Waals surface area contributed by atoms with Crippen LogP contribution in [0.15, 0.2) is 53.3 Å². The predicted molar refractivity (Wildman–Crippen MR) is 97.3 cm³/mol. The molecule has 2 aromatic heterocycles. The molecule has 0 N–H and O–H groups in total. The lowest BCUT2D eigenvalue weighted by molar-refractivity contribution is 0.0336. The van der Waals surface area contributed by atoms with Crippen LogP contribution in [0.2, 0.25) is 0 Å². The number of hydrogen-bond acceptors (Lipinski definition) is 3. The lowest BCUT2D eigenvalue weighted by atomic mass is 10.0. The quantitative estimate of drug-likeness (QED) is 0.599. The second-order valence-electron chi connectivity index (χ2n) is 5.81. The molecule has 0 fully saturated rings. The molecule has 0 saturated carbocycles. The Morgan fingerprint density at radius 3 is 2.75 bits per heavy atom. The topological polar surface area (TPSA) is 43.6 Å². The number of benzene rings is 1. The van der Waals surface area contributed by atoms with E-state index in [1.54, 1.807) is 10.6 Å². The fourth-order valence-electron chi connectivity index (χ4n) is 2.55. The lowest BCUT2D eigenvalue weighted by Gasteiger charge is -2.12. The number of rotatable bonds is 5. The van der Waals surface area contributed by atoms with Gasteiger partial charge < -0.3 is 4.74 Å². The molecule has 0 bridgehead atoms. The third-order valence-electron chi connectivity index (χ3n) is 4.03. The zero-order valence-electron chi connectivity index (χ0n) is 13.7. The number of pyridine rings is 1. The van der Waals surface area contributed by atoms with Crippen LogP contribution in [0.4, 0.5) is 0 Å². The van der Waals surface area contributed by atoms with Crippen molar-refractivity contribution in [3.8, 4) is 0 Å². The highest BCUT2D eigenvalue weighted by Gasteiger charge is 2.18. The van der Waals surface area contributed by atoms with E-state index in [-0.39, 0.29) is 12.1 Å². The Hall–Kier alpha value is -2.14. The highest BCUT2D eigenvalue weighted by molar-refractivity contribution is 9.10. The third kappa shape index (κ3) is 3.51. The summed E-state index contributed by atoms with van der Waals surface area (Å²) in [5.74, 6) is -0.299. The number of esters is 1. The summed E-state index contributed by atoms with van der Waals surface area (Å²) in [4.78, 5) is 12.5. The standard InChI is InChI=1S/C19H19BrN2O2/c1-3-13(2)24-19(23)17-5-4-10-22-18(17)15(12-21-22)11-14-6-8-16(20)9-7-14/h4-10,12-13H,3,11H2,1-2H3. The Morgan fingerprint density at radius 2 is 2.04 bits per heavy atom. The number of carbonyl (C=O) groups is 1. The van der Waals surface area contributed by atoms with E-state index in [2.05, 4.69) is 33.2 Å². The van der Waals surface area contributed by atoms with Gasteiger partial charge >= 0.3 is 5.97 Å². The van der Waals surface area contributed by atoms with E-state index in [1.165, 1.54) is 0 Å². The summed E-state index contributed by atoms with van der Waals surface area (Å²) < 4.78 is 8.28. The number of aromatic nitrogens is 2. The van der Waals surface area contributed by atoms with Gasteiger partial charge in [0.2, 0.25) is 0 Å². The Kier molecular flexibility index (Phi) is 5.00. The van der Waals surface area contributed by atoms with E-state index in [0.717, 1.165) is 27.5 Å². The van der Waals surface area contributed by atoms with Gasteiger partial charge in [0.25, 0.3) is 0 Å². The lowest BCUT2D eigenvalue weighted by Crippen LogP contribution is -2.15. The molecule has 2 heterocycles. The maximum Gasteiger partial charge on any atom is 0.340 e. The van der Waals surface area contributed by atoms with Crippen molar-refractivity contribution in [2.45, 2.75) is 32.8 Å². The average Bonchev–Trinajstić information content (AvgIpc) is 2.99. The van der Waals surface area contributed by atoms with Crippen LogP contribution >= 0.6 is 15.9 Å². The highest BCUT2D eigenvalue weighted by Crippen LogP contribution is 2.21. The molecule has 0 aliphatic rings. The van der Waals surface area contributed by atoms with Gasteiger partial charge in [-0.25, -0.2) is 9.31 Å². The Balaban J connectivity index is 1.97. The van der Waals surface area contributed by atoms with E-state index in [0.29, 0.717) is 12.0 Å². The third-order valence-corrected chi connectivity index (χ3v) is 4.56. The zero-order valence-corrected chi connectivity index (χ0v) is 15.3. The summed E-state index contributed by atoms with van der Waals surface area (Å²) in [7, 11) is 0. The van der Waals surface area contributed by atoms with Crippen molar-refractivity contribution in [2.75, 3.05) is 0 Å². The van der Waals surface area contributed by atoms with Gasteiger partial charge in [0.05, 0.1) is 23.4 Å². The number of nitrogens with zero attached hydrogens (tertiary/aromatic N) is 2. The van der Waals surface area contributed by atoms with E-state index >= 15 is 0 Å². The zero-order chi connectivity index (χ0) is 17.1. The van der Waals surface area contributed by atoms with Crippen LogP contribution in [0.25, 0.3) is 5.52 Å². The van der Waals surface area contributed by atoms with E-state index in [1.807, 2.05) is 44.4 Å². The molecule has 124 valence electrons. The second-order valence-corrected chi connectivity index (χ2v) is 6.73. The van der Waals surface area contributed by atoms with Gasteiger partial charge in [-0.2, -0.15) is 5.10 Å². The van der Waals surface area contributed by atoms with Crippen molar-refractivity contribution in [3.05, 3.63) is 70.0 Å². The summed E-state index contributed by atoms with van der Waals surface area (Å²) in [6.45, 7) is 3.90. The Labute approximate surface area is 149 Å². The number of fused-ring (bicyclic) bond motifs is 1. The Bertz CT molecular complexity index is 855. The fourth-order valence-corrected chi connectivity index (χ4v) is 2.82. The fraction of sp³-hybridized carbons (Fsp3) is 0.263. The van der Waals surface area contributed by atoms with Crippen LogP contribution in [-0.2, 0) is 11.2 Å². The molecule has 1 aromatic carbocycles. The molecular weight excluding hydrogens is 368 g/mol. The van der Waals surface area contributed by atoms with Gasteiger partial charge in [0.1, 0.15) is 0 Å². The van der Waals surface area contributed by atoms with Crippen molar-refractivity contribution >= 4 is 27.4 Å². The summed E-state index contributed by atoms with van der Waals surface area (Å²) in [6.07, 6.45) is 5.07. The van der Waals surface area contributed by atoms with Crippen molar-refractivity contribution in [1.82, 2.24) is 9.61 Å². The number of halogens is 1. The van der Waals surface area contributed by atoms with Crippen LogP contribution in [0.5, 0.6) is 0 Å². The van der Waals surface area contributed by atoms with Gasteiger partial charge in [-0.05, 0) is 43.2 Å². The van der Waals surface area contributed by atoms with Gasteiger partial charge in [-0.15, -0.1) is 0 Å². The Morgan fingerprint density at radius 1 is 1.29 bits per heavy atom. The summed E-state index contributed by atoms with van der Waals surface area (Å²) in [6, 6.07) is 11.8. The predicted octanol–water partition coefficient (Wildman–Crippen LogP) is 4.64. The molecule has 4 nitrogen and oxygen atoms in total. The molecule has 1 unspecified atom stereocenters. The molecule has 0 amide bonds. The summed E-state index contributed by atoms with van der Waals surface area (Å²) in [5.41, 5.74) is 3.54. The van der Waals surface area contributed by atoms with Crippen molar-refractivity contribution in [1.29, 1.82) is 0 Å². The molecule has 0 saturated heterocycles. The van der Waals surface area contributed by atoms with Crippen molar-refractivity contribution < 1.29 is 9.53 Å². The van der Waals surface area contributed by atoms with Gasteiger partial charge in [0, 0.05) is 22.7 Å². The maximum atomic E-state index is 12.5. The van der Waals surface area contributed by atoms with Crippen LogP contribution in [0.3, 0.4) is 0 Å². The number of ether oxygens (including phenoxy) is 1. The monoisotopic (exact) mass is 386 g/mol. The van der Waals surface area contributed by atoms with E-state index in [9.17, 15) is 4.79 Å². The molecule has 0 aliphatic heterocycles. The molecule has 3 rings (SSSR count). The molecule has 24 heavy (non-hydrogen) atoms. The maximum absolute atomic E-state index is 12.5. The first-order valence-electron chi connectivity index (χ1n) is 7.99. The molecular formula is C19H19BrN2O2. The molecule has 5 heteroatoms. The molecule has 0 spiro atoms. The first kappa shape index (κ1) is 16.7. The minimum atomic E-state index is -0.299. The molecule has 3 aromatic rings. The normalized spacial score (nSPS) is 12.3. The minimum Gasteiger partial charge on any atom is -0.459 e.